The molecule has 5 nitrogen and oxygen atoms in total. The summed E-state index contributed by atoms with van der Waals surface area (Å²) >= 11 is 0. The molecule has 6 heteroatoms. The maximum Gasteiger partial charge on any atom is 0.188 e. The predicted octanol–water partition coefficient (Wildman–Crippen LogP) is 7.21. The highest BCUT2D eigenvalue weighted by atomic mass is 28.3. The number of benzene rings is 5. The standard InChI is InChI=1S/C32H33NO4Si/c1-34-22-36-31-27-16-10-8-12-24(27)18-20-29(31)33(38(3,4)26-14-6-5-7-15-26)30-21-19-25-13-9-11-17-28(25)32(30)37-23-35-2/h5-21H,22-23H2,1-4H3. The SMILES string of the molecule is COCOc1c(N(c2ccc3ccccc3c2OCOC)[Si](C)(C)c2ccccc2)ccc2ccccc12. The van der Waals surface area contributed by atoms with Crippen molar-refractivity contribution in [2.24, 2.45) is 0 Å². The first kappa shape index (κ1) is 25.8. The van der Waals surface area contributed by atoms with Crippen molar-refractivity contribution in [2.45, 2.75) is 13.1 Å². The molecular formula is C32H33NO4Si. The van der Waals surface area contributed by atoms with Gasteiger partial charge in [-0.3, -0.25) is 0 Å². The fraction of sp³-hybridized carbons (Fsp3) is 0.188. The van der Waals surface area contributed by atoms with E-state index in [1.165, 1.54) is 5.19 Å². The van der Waals surface area contributed by atoms with Crippen molar-refractivity contribution < 1.29 is 18.9 Å². The quantitative estimate of drug-likeness (QED) is 0.143. The van der Waals surface area contributed by atoms with E-state index in [1.807, 2.05) is 24.3 Å². The van der Waals surface area contributed by atoms with E-state index in [2.05, 4.69) is 96.5 Å². The average Bonchev–Trinajstić information content (AvgIpc) is 2.96. The Morgan fingerprint density at radius 3 is 1.47 bits per heavy atom. The van der Waals surface area contributed by atoms with Crippen LogP contribution in [-0.4, -0.2) is 36.0 Å². The second-order valence-electron chi connectivity index (χ2n) is 9.63. The van der Waals surface area contributed by atoms with E-state index in [0.29, 0.717) is 0 Å². The second kappa shape index (κ2) is 11.3. The largest absolute Gasteiger partial charge is 0.465 e. The Kier molecular flexibility index (Phi) is 7.65. The lowest BCUT2D eigenvalue weighted by molar-refractivity contribution is 0.0522. The van der Waals surface area contributed by atoms with E-state index in [9.17, 15) is 0 Å². The maximum atomic E-state index is 6.33. The molecule has 0 heterocycles. The monoisotopic (exact) mass is 523 g/mol. The van der Waals surface area contributed by atoms with Crippen LogP contribution in [0.4, 0.5) is 11.4 Å². The molecule has 0 fully saturated rings. The van der Waals surface area contributed by atoms with Crippen LogP contribution >= 0.6 is 0 Å². The molecule has 0 aliphatic carbocycles. The summed E-state index contributed by atoms with van der Waals surface area (Å²) in [4.78, 5) is 0. The molecule has 5 aromatic carbocycles. The van der Waals surface area contributed by atoms with Gasteiger partial charge in [-0.25, -0.2) is 0 Å². The summed E-state index contributed by atoms with van der Waals surface area (Å²) in [5, 5.41) is 5.57. The van der Waals surface area contributed by atoms with Gasteiger partial charge in [0.15, 0.2) is 33.3 Å². The van der Waals surface area contributed by atoms with Crippen molar-refractivity contribution in [3.05, 3.63) is 103 Å². The van der Waals surface area contributed by atoms with Crippen LogP contribution in [0.25, 0.3) is 21.5 Å². The summed E-state index contributed by atoms with van der Waals surface area (Å²) in [6.45, 7) is 5.00. The van der Waals surface area contributed by atoms with E-state index >= 15 is 0 Å². The summed E-state index contributed by atoms with van der Waals surface area (Å²) in [5.74, 6) is 1.57. The van der Waals surface area contributed by atoms with E-state index in [1.54, 1.807) is 14.2 Å². The van der Waals surface area contributed by atoms with Crippen molar-refractivity contribution >= 4 is 46.3 Å². The third-order valence-electron chi connectivity index (χ3n) is 6.88. The molecule has 0 aliphatic rings. The van der Waals surface area contributed by atoms with Crippen molar-refractivity contribution in [3.8, 4) is 11.5 Å². The topological polar surface area (TPSA) is 40.2 Å². The number of nitrogens with zero attached hydrogens (tertiary/aromatic N) is 1. The van der Waals surface area contributed by atoms with Gasteiger partial charge in [-0.2, -0.15) is 0 Å². The predicted molar refractivity (Wildman–Crippen MR) is 159 cm³/mol. The van der Waals surface area contributed by atoms with Gasteiger partial charge in [0.05, 0.1) is 11.4 Å². The number of ether oxygens (including phenoxy) is 4. The number of hydrogen-bond acceptors (Lipinski definition) is 5. The number of anilines is 2. The molecule has 0 amide bonds. The van der Waals surface area contributed by atoms with Crippen LogP contribution in [-0.2, 0) is 9.47 Å². The Hall–Kier alpha value is -3.84. The minimum atomic E-state index is -2.41. The zero-order valence-corrected chi connectivity index (χ0v) is 23.3. The first-order valence-corrected chi connectivity index (χ1v) is 15.6. The molecule has 0 unspecified atom stereocenters. The molecule has 5 rings (SSSR count). The lowest BCUT2D eigenvalue weighted by Gasteiger charge is -2.41. The van der Waals surface area contributed by atoms with Crippen LogP contribution in [0.2, 0.25) is 13.1 Å². The first-order chi connectivity index (χ1) is 18.6. The van der Waals surface area contributed by atoms with Gasteiger partial charge >= 0.3 is 0 Å². The molecule has 0 saturated carbocycles. The number of rotatable bonds is 10. The third-order valence-corrected chi connectivity index (χ3v) is 10.2. The van der Waals surface area contributed by atoms with Gasteiger partial charge in [0, 0.05) is 25.0 Å². The van der Waals surface area contributed by atoms with Crippen LogP contribution in [0.1, 0.15) is 0 Å². The fourth-order valence-corrected chi connectivity index (χ4v) is 7.88. The first-order valence-electron chi connectivity index (χ1n) is 12.7. The Morgan fingerprint density at radius 2 is 1.00 bits per heavy atom. The molecule has 0 aliphatic heterocycles. The summed E-state index contributed by atoms with van der Waals surface area (Å²) in [6.07, 6.45) is 0. The minimum Gasteiger partial charge on any atom is -0.465 e. The van der Waals surface area contributed by atoms with Crippen molar-refractivity contribution in [1.29, 1.82) is 0 Å². The number of hydrogen-bond donors (Lipinski definition) is 0. The highest BCUT2D eigenvalue weighted by molar-refractivity contribution is 6.93. The van der Waals surface area contributed by atoms with E-state index in [0.717, 1.165) is 44.4 Å². The average molecular weight is 524 g/mol. The number of fused-ring (bicyclic) bond motifs is 2. The highest BCUT2D eigenvalue weighted by Gasteiger charge is 2.37. The van der Waals surface area contributed by atoms with E-state index < -0.39 is 8.24 Å². The van der Waals surface area contributed by atoms with Gasteiger partial charge < -0.3 is 23.5 Å². The minimum absolute atomic E-state index is 0.146. The maximum absolute atomic E-state index is 6.33. The van der Waals surface area contributed by atoms with Gasteiger partial charge in [-0.15, -0.1) is 0 Å². The molecule has 0 bridgehead atoms. The Labute approximate surface area is 225 Å². The highest BCUT2D eigenvalue weighted by Crippen LogP contribution is 2.47. The smallest absolute Gasteiger partial charge is 0.188 e. The summed E-state index contributed by atoms with van der Waals surface area (Å²) in [6, 6.07) is 35.9. The van der Waals surface area contributed by atoms with Crippen molar-refractivity contribution in [3.63, 3.8) is 0 Å². The van der Waals surface area contributed by atoms with Crippen LogP contribution < -0.4 is 19.2 Å². The molecule has 0 radical (unpaired) electrons. The zero-order valence-electron chi connectivity index (χ0n) is 22.3. The van der Waals surface area contributed by atoms with Gasteiger partial charge in [0.1, 0.15) is 0 Å². The van der Waals surface area contributed by atoms with Gasteiger partial charge in [-0.1, -0.05) is 91.0 Å². The summed E-state index contributed by atoms with van der Waals surface area (Å²) in [7, 11) is 0.873. The third kappa shape index (κ3) is 4.86. The van der Waals surface area contributed by atoms with Gasteiger partial charge in [0.25, 0.3) is 0 Å². The lowest BCUT2D eigenvalue weighted by Crippen LogP contribution is -2.56. The van der Waals surface area contributed by atoms with E-state index in [-0.39, 0.29) is 13.6 Å². The molecule has 38 heavy (non-hydrogen) atoms. The van der Waals surface area contributed by atoms with Crippen LogP contribution in [0.3, 0.4) is 0 Å². The van der Waals surface area contributed by atoms with Crippen LogP contribution in [0, 0.1) is 0 Å². The van der Waals surface area contributed by atoms with E-state index in [4.69, 9.17) is 18.9 Å². The fourth-order valence-electron chi connectivity index (χ4n) is 5.06. The normalized spacial score (nSPS) is 11.6. The molecule has 0 spiro atoms. The summed E-state index contributed by atoms with van der Waals surface area (Å²) in [5.41, 5.74) is 1.94. The van der Waals surface area contributed by atoms with Crippen LogP contribution in [0.15, 0.2) is 103 Å². The van der Waals surface area contributed by atoms with Crippen molar-refractivity contribution in [1.82, 2.24) is 0 Å². The molecule has 0 saturated heterocycles. The Balaban J connectivity index is 1.84. The number of methoxy groups -OCH3 is 2. The van der Waals surface area contributed by atoms with Crippen LogP contribution in [0.5, 0.6) is 11.5 Å². The molecule has 5 aromatic rings. The molecule has 0 atom stereocenters. The van der Waals surface area contributed by atoms with Gasteiger partial charge in [-0.05, 0) is 41.2 Å². The molecular weight excluding hydrogens is 490 g/mol. The second-order valence-corrected chi connectivity index (χ2v) is 13.8. The molecule has 0 N–H and O–H groups in total. The lowest BCUT2D eigenvalue weighted by atomic mass is 10.1. The molecule has 0 aromatic heterocycles. The van der Waals surface area contributed by atoms with Gasteiger partial charge in [0.2, 0.25) is 0 Å². The molecule has 194 valence electrons. The van der Waals surface area contributed by atoms with Crippen molar-refractivity contribution in [2.75, 3.05) is 32.4 Å². The zero-order chi connectivity index (χ0) is 26.5. The summed E-state index contributed by atoms with van der Waals surface area (Å²) < 4.78 is 25.8. The Bertz CT molecular complexity index is 1450. The Morgan fingerprint density at radius 1 is 0.553 bits per heavy atom.